The van der Waals surface area contributed by atoms with E-state index in [2.05, 4.69) is 9.97 Å². The summed E-state index contributed by atoms with van der Waals surface area (Å²) in [5.74, 6) is -3.88. The maximum absolute atomic E-state index is 14.9. The van der Waals surface area contributed by atoms with Crippen molar-refractivity contribution in [2.24, 2.45) is 0 Å². The summed E-state index contributed by atoms with van der Waals surface area (Å²) in [4.78, 5) is 22.8. The van der Waals surface area contributed by atoms with Crippen LogP contribution in [0.5, 0.6) is 17.4 Å². The Hall–Kier alpha value is -3.68. The molecule has 1 amide bonds. The van der Waals surface area contributed by atoms with Crippen LogP contribution in [0.15, 0.2) is 54.9 Å². The van der Waals surface area contributed by atoms with Crippen molar-refractivity contribution in [3.63, 3.8) is 0 Å². The highest BCUT2D eigenvalue weighted by Crippen LogP contribution is 2.30. The quantitative estimate of drug-likeness (QED) is 0.434. The van der Waals surface area contributed by atoms with Gasteiger partial charge in [-0.2, -0.15) is 17.1 Å². The SMILES string of the molecule is CC[C@@H](Oc1ccc(C(=O)NS(=O)(=O)N2CCN(C)CC2)c(F)c1F)c1cc(Oc2ccccn2)ccn1. The smallest absolute Gasteiger partial charge is 0.304 e. The van der Waals surface area contributed by atoms with Gasteiger partial charge in [0.15, 0.2) is 11.6 Å². The molecular weight excluding hydrogens is 520 g/mol. The normalized spacial score (nSPS) is 15.6. The molecule has 0 unspecified atom stereocenters. The first-order valence-electron chi connectivity index (χ1n) is 11.9. The van der Waals surface area contributed by atoms with Gasteiger partial charge in [0, 0.05) is 50.7 Å². The van der Waals surface area contributed by atoms with Crippen molar-refractivity contribution in [3.8, 4) is 17.4 Å². The molecule has 0 radical (unpaired) electrons. The number of amides is 1. The number of hydrogen-bond acceptors (Lipinski definition) is 8. The van der Waals surface area contributed by atoms with Crippen LogP contribution in [0, 0.1) is 11.6 Å². The van der Waals surface area contributed by atoms with E-state index < -0.39 is 45.2 Å². The van der Waals surface area contributed by atoms with Crippen molar-refractivity contribution in [3.05, 3.63) is 77.8 Å². The van der Waals surface area contributed by atoms with E-state index in [1.165, 1.54) is 6.20 Å². The average molecular weight is 548 g/mol. The van der Waals surface area contributed by atoms with Crippen molar-refractivity contribution >= 4 is 16.1 Å². The van der Waals surface area contributed by atoms with Crippen LogP contribution in [-0.2, 0) is 10.2 Å². The van der Waals surface area contributed by atoms with Crippen LogP contribution in [-0.4, -0.2) is 66.7 Å². The lowest BCUT2D eigenvalue weighted by Gasteiger charge is -2.31. The molecule has 1 aliphatic heterocycles. The Morgan fingerprint density at radius 2 is 1.82 bits per heavy atom. The van der Waals surface area contributed by atoms with Crippen molar-refractivity contribution in [1.29, 1.82) is 0 Å². The predicted molar refractivity (Wildman–Crippen MR) is 134 cm³/mol. The number of likely N-dealkylation sites (N-methyl/N-ethyl adjacent to an activating group) is 1. The van der Waals surface area contributed by atoms with Gasteiger partial charge in [-0.3, -0.25) is 9.78 Å². The van der Waals surface area contributed by atoms with Crippen molar-refractivity contribution < 1.29 is 31.5 Å². The first-order chi connectivity index (χ1) is 18.2. The molecular formula is C25H27F2N5O5S. The van der Waals surface area contributed by atoms with Gasteiger partial charge in [-0.05, 0) is 37.7 Å². The third-order valence-corrected chi connectivity index (χ3v) is 7.39. The van der Waals surface area contributed by atoms with Crippen LogP contribution in [0.2, 0.25) is 0 Å². The van der Waals surface area contributed by atoms with Gasteiger partial charge in [-0.15, -0.1) is 0 Å². The Morgan fingerprint density at radius 3 is 2.50 bits per heavy atom. The third-order valence-electron chi connectivity index (χ3n) is 5.90. The van der Waals surface area contributed by atoms with Gasteiger partial charge in [0.05, 0.1) is 11.3 Å². The molecule has 1 saturated heterocycles. The molecule has 1 aromatic carbocycles. The minimum Gasteiger partial charge on any atom is -0.481 e. The summed E-state index contributed by atoms with van der Waals surface area (Å²) in [7, 11) is -2.37. The fraction of sp³-hybridized carbons (Fsp3) is 0.320. The zero-order chi connectivity index (χ0) is 27.3. The lowest BCUT2D eigenvalue weighted by Crippen LogP contribution is -2.52. The number of benzene rings is 1. The highest BCUT2D eigenvalue weighted by molar-refractivity contribution is 7.87. The van der Waals surface area contributed by atoms with Crippen LogP contribution in [0.4, 0.5) is 8.78 Å². The van der Waals surface area contributed by atoms with Gasteiger partial charge in [0.1, 0.15) is 11.9 Å². The molecule has 0 bridgehead atoms. The minimum absolute atomic E-state index is 0.170. The summed E-state index contributed by atoms with van der Waals surface area (Å²) < 4.78 is 69.2. The minimum atomic E-state index is -4.22. The summed E-state index contributed by atoms with van der Waals surface area (Å²) in [6.07, 6.45) is 2.66. The maximum atomic E-state index is 14.9. The molecule has 0 spiro atoms. The van der Waals surface area contributed by atoms with Crippen LogP contribution in [0.1, 0.15) is 35.5 Å². The number of carbonyl (C=O) groups excluding carboxylic acids is 1. The lowest BCUT2D eigenvalue weighted by molar-refractivity contribution is 0.0972. The number of nitrogens with zero attached hydrogens (tertiary/aromatic N) is 4. The van der Waals surface area contributed by atoms with Crippen LogP contribution >= 0.6 is 0 Å². The van der Waals surface area contributed by atoms with E-state index in [-0.39, 0.29) is 13.1 Å². The summed E-state index contributed by atoms with van der Waals surface area (Å²) in [5.41, 5.74) is -0.356. The molecule has 2 aromatic heterocycles. The molecule has 1 atom stereocenters. The number of aromatic nitrogens is 2. The molecule has 13 heteroatoms. The standard InChI is InChI=1S/C25H27F2N5O5S/c1-3-20(19-16-17(9-11-28-19)36-22-6-4-5-10-29-22)37-21-8-7-18(23(26)24(21)27)25(33)30-38(34,35)32-14-12-31(2)13-15-32/h4-11,16,20H,3,12-15H2,1-2H3,(H,30,33)/t20-/m1/s1. The average Bonchev–Trinajstić information content (AvgIpc) is 2.90. The highest BCUT2D eigenvalue weighted by atomic mass is 32.2. The number of rotatable bonds is 9. The highest BCUT2D eigenvalue weighted by Gasteiger charge is 2.30. The van der Waals surface area contributed by atoms with Gasteiger partial charge in [0.2, 0.25) is 11.7 Å². The van der Waals surface area contributed by atoms with E-state index in [1.807, 2.05) is 16.7 Å². The van der Waals surface area contributed by atoms with E-state index in [1.54, 1.807) is 43.5 Å². The van der Waals surface area contributed by atoms with E-state index in [0.717, 1.165) is 16.4 Å². The Morgan fingerprint density at radius 1 is 1.05 bits per heavy atom. The first-order valence-corrected chi connectivity index (χ1v) is 13.3. The second-order valence-electron chi connectivity index (χ2n) is 8.58. The summed E-state index contributed by atoms with van der Waals surface area (Å²) in [6.45, 7) is 3.08. The second-order valence-corrected chi connectivity index (χ2v) is 10.2. The van der Waals surface area contributed by atoms with Crippen molar-refractivity contribution in [2.45, 2.75) is 19.4 Å². The fourth-order valence-electron chi connectivity index (χ4n) is 3.77. The molecule has 1 fully saturated rings. The van der Waals surface area contributed by atoms with Gasteiger partial charge in [-0.1, -0.05) is 13.0 Å². The number of hydrogen-bond donors (Lipinski definition) is 1. The van der Waals surface area contributed by atoms with Gasteiger partial charge in [0.25, 0.3) is 5.91 Å². The second kappa shape index (κ2) is 11.8. The molecule has 38 heavy (non-hydrogen) atoms. The number of halogens is 2. The zero-order valence-electron chi connectivity index (χ0n) is 20.8. The van der Waals surface area contributed by atoms with Gasteiger partial charge < -0.3 is 14.4 Å². The number of carbonyl (C=O) groups is 1. The molecule has 4 rings (SSSR count). The first kappa shape index (κ1) is 27.4. The monoisotopic (exact) mass is 547 g/mol. The van der Waals surface area contributed by atoms with Gasteiger partial charge in [-0.25, -0.2) is 14.1 Å². The Labute approximate surface area is 219 Å². The predicted octanol–water partition coefficient (Wildman–Crippen LogP) is 3.30. The molecule has 1 N–H and O–H groups in total. The number of ether oxygens (including phenoxy) is 2. The topological polar surface area (TPSA) is 114 Å². The fourth-order valence-corrected chi connectivity index (χ4v) is 4.88. The molecule has 10 nitrogen and oxygen atoms in total. The van der Waals surface area contributed by atoms with Crippen molar-refractivity contribution in [1.82, 2.24) is 23.9 Å². The summed E-state index contributed by atoms with van der Waals surface area (Å²) in [6, 6.07) is 10.5. The molecule has 202 valence electrons. The summed E-state index contributed by atoms with van der Waals surface area (Å²) in [5, 5.41) is 0. The Balaban J connectivity index is 1.48. The Bertz CT molecular complexity index is 1390. The summed E-state index contributed by atoms with van der Waals surface area (Å²) >= 11 is 0. The number of pyridine rings is 2. The largest absolute Gasteiger partial charge is 0.481 e. The molecule has 1 aliphatic rings. The number of nitrogens with one attached hydrogen (secondary N) is 1. The molecule has 0 aliphatic carbocycles. The zero-order valence-corrected chi connectivity index (χ0v) is 21.6. The lowest BCUT2D eigenvalue weighted by atomic mass is 10.1. The van der Waals surface area contributed by atoms with Gasteiger partial charge >= 0.3 is 10.2 Å². The Kier molecular flexibility index (Phi) is 8.49. The molecule has 3 aromatic rings. The molecule has 0 saturated carbocycles. The van der Waals surface area contributed by atoms with Crippen molar-refractivity contribution in [2.75, 3.05) is 33.2 Å². The van der Waals surface area contributed by atoms with E-state index in [0.29, 0.717) is 36.8 Å². The van der Waals surface area contributed by atoms with E-state index >= 15 is 0 Å². The van der Waals surface area contributed by atoms with Crippen LogP contribution in [0.3, 0.4) is 0 Å². The molecule has 3 heterocycles. The third kappa shape index (κ3) is 6.41. The van der Waals surface area contributed by atoms with E-state index in [9.17, 15) is 22.0 Å². The van der Waals surface area contributed by atoms with Crippen LogP contribution in [0.25, 0.3) is 0 Å². The van der Waals surface area contributed by atoms with E-state index in [4.69, 9.17) is 9.47 Å². The van der Waals surface area contributed by atoms with Crippen LogP contribution < -0.4 is 14.2 Å². The maximum Gasteiger partial charge on any atom is 0.304 e. The number of piperazine rings is 1.